The molecule has 1 heterocycles. The molecule has 2 amide bonds. The van der Waals surface area contributed by atoms with Crippen LogP contribution in [0.2, 0.25) is 0 Å². The minimum atomic E-state index is -0.382. The highest BCUT2D eigenvalue weighted by molar-refractivity contribution is 6.26. The van der Waals surface area contributed by atoms with Crippen LogP contribution in [-0.2, 0) is 10.2 Å². The fourth-order valence-electron chi connectivity index (χ4n) is 3.50. The largest absolute Gasteiger partial charge is 0.491 e. The van der Waals surface area contributed by atoms with Gasteiger partial charge in [0.1, 0.15) is 18.5 Å². The Morgan fingerprint density at radius 2 is 1.44 bits per heavy atom. The number of carbonyl (C=O) groups is 2. The van der Waals surface area contributed by atoms with Crippen LogP contribution in [-0.4, -0.2) is 31.1 Å². The van der Waals surface area contributed by atoms with E-state index in [1.807, 2.05) is 24.3 Å². The van der Waals surface area contributed by atoms with Gasteiger partial charge in [0.25, 0.3) is 11.8 Å². The molecule has 5 nitrogen and oxygen atoms in total. The molecule has 1 atom stereocenters. The number of anilines is 1. The van der Waals surface area contributed by atoms with Crippen molar-refractivity contribution in [2.24, 2.45) is 0 Å². The van der Waals surface area contributed by atoms with Crippen LogP contribution in [0.5, 0.6) is 5.75 Å². The van der Waals surface area contributed by atoms with Gasteiger partial charge < -0.3 is 9.47 Å². The SMILES string of the molecule is CC(C)(C)c1ccc(OCC2CO2)cc1N(C(=O)c1ccccc1)C(=O)c1ccccc1. The predicted molar refractivity (Wildman–Crippen MR) is 124 cm³/mol. The molecule has 1 aliphatic rings. The zero-order valence-electron chi connectivity index (χ0n) is 18.6. The Bertz CT molecular complexity index is 1050. The topological polar surface area (TPSA) is 59.1 Å². The van der Waals surface area contributed by atoms with Gasteiger partial charge in [0.15, 0.2) is 0 Å². The van der Waals surface area contributed by atoms with Gasteiger partial charge in [-0.1, -0.05) is 63.2 Å². The van der Waals surface area contributed by atoms with E-state index in [9.17, 15) is 9.59 Å². The van der Waals surface area contributed by atoms with Gasteiger partial charge >= 0.3 is 0 Å². The second kappa shape index (κ2) is 8.97. The van der Waals surface area contributed by atoms with Crippen molar-refractivity contribution < 1.29 is 19.1 Å². The Morgan fingerprint density at radius 1 is 0.906 bits per heavy atom. The minimum absolute atomic E-state index is 0.105. The standard InChI is InChI=1S/C27H27NO4/c1-27(2,3)23-15-14-21(31-17-22-18-32-22)16-24(23)28(25(29)19-10-6-4-7-11-19)26(30)20-12-8-5-9-13-20/h4-16,22H,17-18H2,1-3H3. The zero-order chi connectivity index (χ0) is 22.7. The van der Waals surface area contributed by atoms with E-state index in [0.29, 0.717) is 35.8 Å². The molecule has 5 heteroatoms. The van der Waals surface area contributed by atoms with Gasteiger partial charge in [-0.15, -0.1) is 0 Å². The molecule has 1 unspecified atom stereocenters. The molecule has 0 aliphatic carbocycles. The Hall–Kier alpha value is -3.44. The van der Waals surface area contributed by atoms with E-state index in [4.69, 9.17) is 9.47 Å². The van der Waals surface area contributed by atoms with Crippen LogP contribution in [0.25, 0.3) is 0 Å². The minimum Gasteiger partial charge on any atom is -0.491 e. The molecule has 0 aromatic heterocycles. The van der Waals surface area contributed by atoms with Gasteiger partial charge in [-0.3, -0.25) is 9.59 Å². The molecule has 0 saturated carbocycles. The normalized spacial score (nSPS) is 15.2. The van der Waals surface area contributed by atoms with Crippen LogP contribution < -0.4 is 9.64 Å². The number of amides is 2. The lowest BCUT2D eigenvalue weighted by atomic mass is 9.85. The highest BCUT2D eigenvalue weighted by Gasteiger charge is 2.31. The average molecular weight is 430 g/mol. The molecule has 1 fully saturated rings. The lowest BCUT2D eigenvalue weighted by Gasteiger charge is -2.29. The molecule has 0 bridgehead atoms. The summed E-state index contributed by atoms with van der Waals surface area (Å²) < 4.78 is 11.1. The second-order valence-corrected chi connectivity index (χ2v) is 8.87. The second-order valence-electron chi connectivity index (χ2n) is 8.87. The first kappa shape index (κ1) is 21.8. The number of hydrogen-bond acceptors (Lipinski definition) is 4. The number of imide groups is 1. The van der Waals surface area contributed by atoms with Crippen molar-refractivity contribution >= 4 is 17.5 Å². The molecule has 3 aromatic rings. The van der Waals surface area contributed by atoms with E-state index in [-0.39, 0.29) is 23.3 Å². The van der Waals surface area contributed by atoms with Crippen molar-refractivity contribution in [3.63, 3.8) is 0 Å². The molecule has 4 rings (SSSR count). The first-order valence-corrected chi connectivity index (χ1v) is 10.7. The van der Waals surface area contributed by atoms with Gasteiger partial charge in [-0.2, -0.15) is 0 Å². The number of hydrogen-bond donors (Lipinski definition) is 0. The summed E-state index contributed by atoms with van der Waals surface area (Å²) >= 11 is 0. The molecule has 1 aliphatic heterocycles. The smallest absolute Gasteiger partial charge is 0.265 e. The van der Waals surface area contributed by atoms with E-state index < -0.39 is 0 Å². The summed E-state index contributed by atoms with van der Waals surface area (Å²) in [6.45, 7) is 7.30. The Labute approximate surface area is 188 Å². The van der Waals surface area contributed by atoms with Crippen molar-refractivity contribution in [2.75, 3.05) is 18.1 Å². The third-order valence-electron chi connectivity index (χ3n) is 5.30. The number of nitrogens with zero attached hydrogens (tertiary/aromatic N) is 1. The van der Waals surface area contributed by atoms with Crippen molar-refractivity contribution in [3.8, 4) is 5.75 Å². The van der Waals surface area contributed by atoms with Crippen LogP contribution in [0.4, 0.5) is 5.69 Å². The summed E-state index contributed by atoms with van der Waals surface area (Å²) in [6, 6.07) is 23.3. The van der Waals surface area contributed by atoms with E-state index in [0.717, 1.165) is 5.56 Å². The molecule has 0 N–H and O–H groups in total. The zero-order valence-corrected chi connectivity index (χ0v) is 18.6. The maximum Gasteiger partial charge on any atom is 0.265 e. The van der Waals surface area contributed by atoms with Crippen LogP contribution in [0.1, 0.15) is 47.1 Å². The van der Waals surface area contributed by atoms with E-state index in [1.54, 1.807) is 54.6 Å². The maximum absolute atomic E-state index is 13.7. The molecule has 1 saturated heterocycles. The Balaban J connectivity index is 1.84. The van der Waals surface area contributed by atoms with Crippen LogP contribution in [0.15, 0.2) is 78.9 Å². The van der Waals surface area contributed by atoms with Crippen LogP contribution in [0.3, 0.4) is 0 Å². The summed E-state index contributed by atoms with van der Waals surface area (Å²) in [4.78, 5) is 28.6. The first-order valence-electron chi connectivity index (χ1n) is 10.7. The molecule has 0 radical (unpaired) electrons. The molecule has 164 valence electrons. The summed E-state index contributed by atoms with van der Waals surface area (Å²) in [5.74, 6) is -0.171. The van der Waals surface area contributed by atoms with Crippen molar-refractivity contribution in [1.82, 2.24) is 0 Å². The highest BCUT2D eigenvalue weighted by atomic mass is 16.6. The molecule has 3 aromatic carbocycles. The number of rotatable bonds is 6. The molecular weight excluding hydrogens is 402 g/mol. The van der Waals surface area contributed by atoms with Gasteiger partial charge in [0, 0.05) is 17.2 Å². The first-order chi connectivity index (χ1) is 15.3. The lowest BCUT2D eigenvalue weighted by molar-refractivity contribution is 0.0897. The molecular formula is C27H27NO4. The van der Waals surface area contributed by atoms with Crippen molar-refractivity contribution in [3.05, 3.63) is 95.6 Å². The average Bonchev–Trinajstić information content (AvgIpc) is 3.63. The third-order valence-corrected chi connectivity index (χ3v) is 5.30. The van der Waals surface area contributed by atoms with Crippen LogP contribution >= 0.6 is 0 Å². The monoisotopic (exact) mass is 429 g/mol. The predicted octanol–water partition coefficient (Wildman–Crippen LogP) is 5.25. The van der Waals surface area contributed by atoms with E-state index in [2.05, 4.69) is 20.8 Å². The van der Waals surface area contributed by atoms with Gasteiger partial charge in [0.2, 0.25) is 0 Å². The van der Waals surface area contributed by atoms with Crippen molar-refractivity contribution in [1.29, 1.82) is 0 Å². The quantitative estimate of drug-likeness (QED) is 0.397. The highest BCUT2D eigenvalue weighted by Crippen LogP contribution is 2.36. The summed E-state index contributed by atoms with van der Waals surface area (Å²) in [5, 5.41) is 0. The summed E-state index contributed by atoms with van der Waals surface area (Å²) in [5.41, 5.74) is 1.97. The van der Waals surface area contributed by atoms with E-state index in [1.165, 1.54) is 4.90 Å². The molecule has 0 spiro atoms. The summed E-state index contributed by atoms with van der Waals surface area (Å²) in [7, 11) is 0. The lowest BCUT2D eigenvalue weighted by Crippen LogP contribution is -2.38. The van der Waals surface area contributed by atoms with Crippen LogP contribution in [0, 0.1) is 0 Å². The summed E-state index contributed by atoms with van der Waals surface area (Å²) in [6.07, 6.45) is 0.105. The van der Waals surface area contributed by atoms with Gasteiger partial charge in [0.05, 0.1) is 12.3 Å². The number of ether oxygens (including phenoxy) is 2. The maximum atomic E-state index is 13.7. The fourth-order valence-corrected chi connectivity index (χ4v) is 3.50. The Kier molecular flexibility index (Phi) is 6.10. The number of epoxide rings is 1. The number of carbonyl (C=O) groups excluding carboxylic acids is 2. The third kappa shape index (κ3) is 4.89. The fraction of sp³-hybridized carbons (Fsp3) is 0.259. The number of benzene rings is 3. The Morgan fingerprint density at radius 3 is 1.91 bits per heavy atom. The van der Waals surface area contributed by atoms with Gasteiger partial charge in [-0.05, 0) is 41.3 Å². The van der Waals surface area contributed by atoms with Gasteiger partial charge in [-0.25, -0.2) is 4.90 Å². The van der Waals surface area contributed by atoms with E-state index >= 15 is 0 Å². The van der Waals surface area contributed by atoms with Crippen molar-refractivity contribution in [2.45, 2.75) is 32.3 Å². The molecule has 32 heavy (non-hydrogen) atoms.